The molecule has 116 valence electrons. The van der Waals surface area contributed by atoms with Crippen molar-refractivity contribution in [2.45, 2.75) is 6.92 Å². The van der Waals surface area contributed by atoms with Crippen LogP contribution in [-0.2, 0) is 4.79 Å². The first kappa shape index (κ1) is 15.3. The zero-order valence-electron chi connectivity index (χ0n) is 12.5. The lowest BCUT2D eigenvalue weighted by molar-refractivity contribution is -0.122. The van der Waals surface area contributed by atoms with Crippen LogP contribution in [0.25, 0.3) is 6.08 Å². The van der Waals surface area contributed by atoms with Gasteiger partial charge in [-0.2, -0.15) is 0 Å². The molecule has 0 aliphatic carbocycles. The quantitative estimate of drug-likeness (QED) is 0.878. The summed E-state index contributed by atoms with van der Waals surface area (Å²) in [5.41, 5.74) is 1.57. The summed E-state index contributed by atoms with van der Waals surface area (Å²) in [4.78, 5) is 23.3. The van der Waals surface area contributed by atoms with Crippen LogP contribution in [0.3, 0.4) is 0 Å². The van der Waals surface area contributed by atoms with Crippen LogP contribution in [0.4, 0.5) is 5.69 Å². The fourth-order valence-corrected chi connectivity index (χ4v) is 3.18. The molecule has 0 atom stereocenters. The lowest BCUT2D eigenvalue weighted by Crippen LogP contribution is -2.28. The second-order valence-corrected chi connectivity index (χ2v) is 5.87. The van der Waals surface area contributed by atoms with Crippen LogP contribution >= 0.6 is 11.8 Å². The van der Waals surface area contributed by atoms with Crippen LogP contribution in [0, 0.1) is 0 Å². The minimum atomic E-state index is -0.0566. The zero-order chi connectivity index (χ0) is 16.2. The molecule has 1 aliphatic rings. The number of likely N-dealkylation sites (N-methyl/N-ethyl adjacent to an activating group) is 1. The predicted molar refractivity (Wildman–Crippen MR) is 92.4 cm³/mol. The van der Waals surface area contributed by atoms with Gasteiger partial charge >= 0.3 is 0 Å². The molecular weight excluding hydrogens is 310 g/mol. The van der Waals surface area contributed by atoms with Crippen molar-refractivity contribution in [2.24, 2.45) is 4.99 Å². The Labute approximate surface area is 138 Å². The van der Waals surface area contributed by atoms with Gasteiger partial charge in [0.25, 0.3) is 5.91 Å². The Kier molecular flexibility index (Phi) is 4.43. The molecular formula is C17H15N3O2S. The number of amides is 1. The SMILES string of the molecule is CCN1C(=O)/C(=C/c2cccnc2)SC1=Nc1ccc(O)cc1. The summed E-state index contributed by atoms with van der Waals surface area (Å²) in [5, 5.41) is 9.97. The maximum absolute atomic E-state index is 12.5. The van der Waals surface area contributed by atoms with E-state index in [0.29, 0.717) is 22.3 Å². The number of benzene rings is 1. The number of carbonyl (C=O) groups is 1. The van der Waals surface area contributed by atoms with Gasteiger partial charge in [-0.25, -0.2) is 4.99 Å². The van der Waals surface area contributed by atoms with Gasteiger partial charge in [0.1, 0.15) is 5.75 Å². The number of amidine groups is 1. The number of hydrogen-bond donors (Lipinski definition) is 1. The molecule has 0 spiro atoms. The number of thioether (sulfide) groups is 1. The molecule has 23 heavy (non-hydrogen) atoms. The Hall–Kier alpha value is -2.60. The predicted octanol–water partition coefficient (Wildman–Crippen LogP) is 3.41. The van der Waals surface area contributed by atoms with E-state index in [9.17, 15) is 9.90 Å². The van der Waals surface area contributed by atoms with Crippen LogP contribution in [0.5, 0.6) is 5.75 Å². The molecule has 5 nitrogen and oxygen atoms in total. The van der Waals surface area contributed by atoms with E-state index < -0.39 is 0 Å². The number of aromatic hydroxyl groups is 1. The first-order valence-electron chi connectivity index (χ1n) is 7.16. The van der Waals surface area contributed by atoms with Crippen LogP contribution in [0.2, 0.25) is 0 Å². The van der Waals surface area contributed by atoms with Crippen molar-refractivity contribution in [3.8, 4) is 5.75 Å². The third-order valence-corrected chi connectivity index (χ3v) is 4.27. The van der Waals surface area contributed by atoms with Crippen LogP contribution < -0.4 is 0 Å². The number of rotatable bonds is 3. The van der Waals surface area contributed by atoms with Gasteiger partial charge in [-0.05, 0) is 60.7 Å². The summed E-state index contributed by atoms with van der Waals surface area (Å²) >= 11 is 1.34. The Morgan fingerprint density at radius 2 is 2.09 bits per heavy atom. The lowest BCUT2D eigenvalue weighted by Gasteiger charge is -2.11. The van der Waals surface area contributed by atoms with Crippen LogP contribution in [0.1, 0.15) is 12.5 Å². The molecule has 2 heterocycles. The standard InChI is InChI=1S/C17H15N3O2S/c1-2-20-16(22)15(10-12-4-3-9-18-11-12)23-17(20)19-13-5-7-14(21)8-6-13/h3-11,21H,2H2,1H3/b15-10-,19-17?. The van der Waals surface area contributed by atoms with Crippen molar-refractivity contribution < 1.29 is 9.90 Å². The molecule has 2 aromatic rings. The maximum Gasteiger partial charge on any atom is 0.266 e. The van der Waals surface area contributed by atoms with Gasteiger partial charge in [-0.1, -0.05) is 6.07 Å². The first-order chi connectivity index (χ1) is 11.2. The zero-order valence-corrected chi connectivity index (χ0v) is 13.3. The van der Waals surface area contributed by atoms with Gasteiger partial charge in [0, 0.05) is 18.9 Å². The lowest BCUT2D eigenvalue weighted by atomic mass is 10.2. The van der Waals surface area contributed by atoms with Gasteiger partial charge in [-0.3, -0.25) is 14.7 Å². The second-order valence-electron chi connectivity index (χ2n) is 4.86. The third-order valence-electron chi connectivity index (χ3n) is 3.26. The summed E-state index contributed by atoms with van der Waals surface area (Å²) in [6.45, 7) is 2.46. The number of nitrogens with zero attached hydrogens (tertiary/aromatic N) is 3. The van der Waals surface area contributed by atoms with Crippen LogP contribution in [0.15, 0.2) is 58.7 Å². The molecule has 3 rings (SSSR count). The molecule has 1 aliphatic heterocycles. The summed E-state index contributed by atoms with van der Waals surface area (Å²) in [6.07, 6.45) is 5.23. The van der Waals surface area contributed by atoms with Crippen molar-refractivity contribution in [2.75, 3.05) is 6.54 Å². The van der Waals surface area contributed by atoms with Crippen molar-refractivity contribution in [3.05, 3.63) is 59.3 Å². The Balaban J connectivity index is 1.91. The third kappa shape index (κ3) is 3.43. The van der Waals surface area contributed by atoms with E-state index in [-0.39, 0.29) is 11.7 Å². The number of pyridine rings is 1. The highest BCUT2D eigenvalue weighted by molar-refractivity contribution is 8.18. The Morgan fingerprint density at radius 1 is 1.30 bits per heavy atom. The summed E-state index contributed by atoms with van der Waals surface area (Å²) in [6, 6.07) is 10.3. The monoisotopic (exact) mass is 325 g/mol. The molecule has 1 aromatic heterocycles. The average molecular weight is 325 g/mol. The fourth-order valence-electron chi connectivity index (χ4n) is 2.12. The molecule has 6 heteroatoms. The second kappa shape index (κ2) is 6.66. The minimum absolute atomic E-state index is 0.0566. The number of phenols is 1. The van der Waals surface area contributed by atoms with E-state index in [2.05, 4.69) is 9.98 Å². The molecule has 0 unspecified atom stereocenters. The Bertz CT molecular complexity index is 770. The topological polar surface area (TPSA) is 65.8 Å². The fraction of sp³-hybridized carbons (Fsp3) is 0.118. The van der Waals surface area contributed by atoms with Crippen molar-refractivity contribution >= 4 is 34.6 Å². The maximum atomic E-state index is 12.5. The highest BCUT2D eigenvalue weighted by atomic mass is 32.2. The number of phenolic OH excluding ortho intramolecular Hbond substituents is 1. The van der Waals surface area contributed by atoms with E-state index in [0.717, 1.165) is 5.56 Å². The van der Waals surface area contributed by atoms with Crippen molar-refractivity contribution in [3.63, 3.8) is 0 Å². The van der Waals surface area contributed by atoms with Crippen LogP contribution in [-0.4, -0.2) is 32.6 Å². The molecule has 1 saturated heterocycles. The smallest absolute Gasteiger partial charge is 0.266 e. The Morgan fingerprint density at radius 3 is 2.74 bits per heavy atom. The highest BCUT2D eigenvalue weighted by Crippen LogP contribution is 2.34. The number of carbonyl (C=O) groups excluding carboxylic acids is 1. The number of hydrogen-bond acceptors (Lipinski definition) is 5. The average Bonchev–Trinajstić information content (AvgIpc) is 2.85. The number of aliphatic imine (C=N–C) groups is 1. The van der Waals surface area contributed by atoms with Gasteiger partial charge in [0.15, 0.2) is 5.17 Å². The first-order valence-corrected chi connectivity index (χ1v) is 7.98. The summed E-state index contributed by atoms with van der Waals surface area (Å²) in [5.74, 6) is 0.132. The van der Waals surface area contributed by atoms with Gasteiger partial charge in [0.2, 0.25) is 0 Å². The summed E-state index contributed by atoms with van der Waals surface area (Å²) in [7, 11) is 0. The van der Waals surface area contributed by atoms with E-state index in [1.54, 1.807) is 41.6 Å². The summed E-state index contributed by atoms with van der Waals surface area (Å²) < 4.78 is 0. The molecule has 0 saturated carbocycles. The normalized spacial score (nSPS) is 18.1. The molecule has 1 amide bonds. The largest absolute Gasteiger partial charge is 0.508 e. The molecule has 1 N–H and O–H groups in total. The van der Waals surface area contributed by atoms with E-state index in [4.69, 9.17) is 0 Å². The molecule has 0 bridgehead atoms. The molecule has 1 fully saturated rings. The van der Waals surface area contributed by atoms with Gasteiger partial charge in [-0.15, -0.1) is 0 Å². The van der Waals surface area contributed by atoms with Gasteiger partial charge in [0.05, 0.1) is 10.6 Å². The van der Waals surface area contributed by atoms with Crippen molar-refractivity contribution in [1.29, 1.82) is 0 Å². The van der Waals surface area contributed by atoms with Gasteiger partial charge < -0.3 is 5.11 Å². The highest BCUT2D eigenvalue weighted by Gasteiger charge is 2.32. The van der Waals surface area contributed by atoms with E-state index in [1.165, 1.54) is 11.8 Å². The van der Waals surface area contributed by atoms with Crippen molar-refractivity contribution in [1.82, 2.24) is 9.88 Å². The minimum Gasteiger partial charge on any atom is -0.508 e. The number of aromatic nitrogens is 1. The van der Waals surface area contributed by atoms with E-state index >= 15 is 0 Å². The van der Waals surface area contributed by atoms with E-state index in [1.807, 2.05) is 25.1 Å². The molecule has 1 aromatic carbocycles. The molecule has 0 radical (unpaired) electrons.